The Labute approximate surface area is 241 Å². The highest BCUT2D eigenvalue weighted by atomic mass is 35.5. The van der Waals surface area contributed by atoms with Gasteiger partial charge in [0.1, 0.15) is 5.56 Å². The topological polar surface area (TPSA) is 102 Å². The molecule has 5 rings (SSSR count). The number of likely N-dealkylation sites (tertiary alicyclic amines) is 1. The average Bonchev–Trinajstić information content (AvgIpc) is 3.36. The molecule has 11 heteroatoms. The number of hydrogen-bond donors (Lipinski definition) is 1. The van der Waals surface area contributed by atoms with Crippen molar-refractivity contribution in [1.82, 2.24) is 24.6 Å². The van der Waals surface area contributed by atoms with E-state index < -0.39 is 11.5 Å². The monoisotopic (exact) mass is 578 g/mol. The molecule has 1 aliphatic rings. The first-order chi connectivity index (χ1) is 19.3. The summed E-state index contributed by atoms with van der Waals surface area (Å²) in [5, 5.41) is 7.25. The predicted molar refractivity (Wildman–Crippen MR) is 156 cm³/mol. The Hall–Kier alpha value is -3.79. The zero-order chi connectivity index (χ0) is 28.4. The van der Waals surface area contributed by atoms with Gasteiger partial charge in [-0.05, 0) is 37.1 Å². The van der Waals surface area contributed by atoms with E-state index >= 15 is 0 Å². The molecule has 1 N–H and O–H groups in total. The number of carbonyl (C=O) groups excluding carboxylic acids is 1. The third-order valence-electron chi connectivity index (χ3n) is 6.95. The molecule has 40 heavy (non-hydrogen) atoms. The van der Waals surface area contributed by atoms with Gasteiger partial charge in [-0.2, -0.15) is 10.1 Å². The van der Waals surface area contributed by atoms with E-state index in [-0.39, 0.29) is 10.6 Å². The first-order valence-corrected chi connectivity index (χ1v) is 13.6. The summed E-state index contributed by atoms with van der Waals surface area (Å²) < 4.78 is 6.71. The summed E-state index contributed by atoms with van der Waals surface area (Å²) in [5.74, 6) is 1.02. The van der Waals surface area contributed by atoms with E-state index in [1.807, 2.05) is 18.2 Å². The van der Waals surface area contributed by atoms with Gasteiger partial charge in [0.2, 0.25) is 5.88 Å². The number of methoxy groups -OCH3 is 1. The van der Waals surface area contributed by atoms with Crippen LogP contribution in [-0.2, 0) is 13.6 Å². The van der Waals surface area contributed by atoms with Crippen molar-refractivity contribution in [3.8, 4) is 28.4 Å². The van der Waals surface area contributed by atoms with Crippen LogP contribution in [0.15, 0.2) is 59.7 Å². The van der Waals surface area contributed by atoms with Crippen molar-refractivity contribution in [2.24, 2.45) is 13.0 Å². The number of nitrogens with zero attached hydrogens (tertiary/aromatic N) is 5. The van der Waals surface area contributed by atoms with Crippen LogP contribution in [-0.4, -0.2) is 50.8 Å². The van der Waals surface area contributed by atoms with Crippen molar-refractivity contribution in [1.29, 1.82) is 0 Å². The van der Waals surface area contributed by atoms with Crippen LogP contribution in [0, 0.1) is 5.92 Å². The normalized spacial score (nSPS) is 15.3. The maximum atomic E-state index is 12.8. The zero-order valence-electron chi connectivity index (χ0n) is 22.3. The maximum Gasteiger partial charge on any atom is 0.279 e. The van der Waals surface area contributed by atoms with E-state index in [1.165, 1.54) is 25.7 Å². The second-order valence-electron chi connectivity index (χ2n) is 9.82. The van der Waals surface area contributed by atoms with Crippen LogP contribution in [0.1, 0.15) is 29.3 Å². The number of aromatic nitrogens is 4. The van der Waals surface area contributed by atoms with E-state index in [1.54, 1.807) is 31.5 Å². The molecule has 1 fully saturated rings. The Bertz CT molecular complexity index is 1640. The van der Waals surface area contributed by atoms with Crippen molar-refractivity contribution in [3.63, 3.8) is 0 Å². The molecule has 2 aromatic heterocycles. The number of ether oxygens (including phenoxy) is 1. The van der Waals surface area contributed by atoms with Gasteiger partial charge in [0.25, 0.3) is 11.5 Å². The van der Waals surface area contributed by atoms with Gasteiger partial charge in [0.15, 0.2) is 5.82 Å². The fourth-order valence-electron chi connectivity index (χ4n) is 4.83. The Morgan fingerprint density at radius 3 is 2.55 bits per heavy atom. The molecule has 4 aromatic rings. The molecule has 0 aliphatic carbocycles. The van der Waals surface area contributed by atoms with Gasteiger partial charge in [0, 0.05) is 54.8 Å². The number of benzene rings is 2. The third-order valence-corrected chi connectivity index (χ3v) is 7.76. The molecule has 2 aromatic carbocycles. The smallest absolute Gasteiger partial charge is 0.279 e. The van der Waals surface area contributed by atoms with Crippen LogP contribution in [0.2, 0.25) is 10.0 Å². The minimum absolute atomic E-state index is 0.0483. The lowest BCUT2D eigenvalue weighted by Crippen LogP contribution is -2.28. The summed E-state index contributed by atoms with van der Waals surface area (Å²) in [5.41, 5.74) is 2.54. The number of nitrogens with one attached hydrogen (secondary N) is 1. The molecule has 1 atom stereocenters. The molecule has 0 radical (unpaired) electrons. The summed E-state index contributed by atoms with van der Waals surface area (Å²) in [6, 6.07) is 12.1. The van der Waals surface area contributed by atoms with Crippen molar-refractivity contribution in [2.45, 2.75) is 19.9 Å². The van der Waals surface area contributed by atoms with Crippen LogP contribution in [0.3, 0.4) is 0 Å². The highest BCUT2D eigenvalue weighted by Crippen LogP contribution is 2.41. The minimum Gasteiger partial charge on any atom is -0.481 e. The lowest BCUT2D eigenvalue weighted by molar-refractivity contribution is 0.102. The van der Waals surface area contributed by atoms with Gasteiger partial charge in [-0.1, -0.05) is 54.4 Å². The van der Waals surface area contributed by atoms with Crippen molar-refractivity contribution in [2.75, 3.05) is 25.5 Å². The van der Waals surface area contributed by atoms with E-state index in [4.69, 9.17) is 27.9 Å². The lowest BCUT2D eigenvalue weighted by Gasteiger charge is -2.17. The standard InChI is InChI=1S/C29H28Cl2N6O3/c1-17-11-13-37(15-17)16-18-14-32-26(35-28(18)40-3)21-8-4-6-19(24(21)30)20-7-5-9-23(25(20)31)34-27(38)22-10-12-33-36(2)29(22)39/h4-10,12,14,17H,11,13,15-16H2,1-3H3,(H,34,38)/t17-/m0/s1. The number of aryl methyl sites for hydroxylation is 1. The molecule has 0 saturated carbocycles. The van der Waals surface area contributed by atoms with Crippen LogP contribution in [0.5, 0.6) is 5.88 Å². The van der Waals surface area contributed by atoms with Crippen LogP contribution < -0.4 is 15.6 Å². The van der Waals surface area contributed by atoms with Crippen molar-refractivity contribution in [3.05, 3.63) is 86.4 Å². The van der Waals surface area contributed by atoms with Crippen LogP contribution >= 0.6 is 23.2 Å². The van der Waals surface area contributed by atoms with Gasteiger partial charge in [-0.15, -0.1) is 0 Å². The highest BCUT2D eigenvalue weighted by Gasteiger charge is 2.22. The molecule has 206 valence electrons. The number of rotatable bonds is 7. The van der Waals surface area contributed by atoms with Gasteiger partial charge in [0.05, 0.1) is 22.8 Å². The second-order valence-corrected chi connectivity index (χ2v) is 10.6. The Kier molecular flexibility index (Phi) is 8.16. The number of amides is 1. The Balaban J connectivity index is 1.45. The quantitative estimate of drug-likeness (QED) is 0.317. The van der Waals surface area contributed by atoms with E-state index in [0.717, 1.165) is 29.9 Å². The minimum atomic E-state index is -0.592. The largest absolute Gasteiger partial charge is 0.481 e. The maximum absolute atomic E-state index is 12.8. The van der Waals surface area contributed by atoms with E-state index in [2.05, 4.69) is 32.2 Å². The average molecular weight is 579 g/mol. The number of carbonyl (C=O) groups is 1. The summed E-state index contributed by atoms with van der Waals surface area (Å²) >= 11 is 13.7. The molecule has 0 unspecified atom stereocenters. The Morgan fingerprint density at radius 2 is 1.82 bits per heavy atom. The highest BCUT2D eigenvalue weighted by molar-refractivity contribution is 6.39. The zero-order valence-corrected chi connectivity index (χ0v) is 23.8. The Morgan fingerprint density at radius 1 is 1.10 bits per heavy atom. The molecule has 3 heterocycles. The van der Waals surface area contributed by atoms with E-state index in [9.17, 15) is 9.59 Å². The molecule has 1 aliphatic heterocycles. The summed E-state index contributed by atoms with van der Waals surface area (Å²) in [7, 11) is 3.07. The van der Waals surface area contributed by atoms with Crippen LogP contribution in [0.4, 0.5) is 5.69 Å². The van der Waals surface area contributed by atoms with Gasteiger partial charge in [-0.25, -0.2) is 9.67 Å². The molecule has 1 saturated heterocycles. The van der Waals surface area contributed by atoms with E-state index in [0.29, 0.717) is 45.0 Å². The lowest BCUT2D eigenvalue weighted by atomic mass is 10.0. The predicted octanol–water partition coefficient (Wildman–Crippen LogP) is 5.31. The summed E-state index contributed by atoms with van der Waals surface area (Å²) in [6.45, 7) is 5.06. The first kappa shape index (κ1) is 27.8. The number of anilines is 1. The molecule has 1 amide bonds. The van der Waals surface area contributed by atoms with Crippen molar-refractivity contribution >= 4 is 34.8 Å². The van der Waals surface area contributed by atoms with Crippen LogP contribution in [0.25, 0.3) is 22.5 Å². The fraction of sp³-hybridized carbons (Fsp3) is 0.276. The molecular formula is C29H28Cl2N6O3. The SMILES string of the molecule is COc1nc(-c2cccc(-c3cccc(NC(=O)c4ccnn(C)c4=O)c3Cl)c2Cl)ncc1CN1CC[C@H](C)C1. The fourth-order valence-corrected chi connectivity index (χ4v) is 5.42. The second kappa shape index (κ2) is 11.8. The van der Waals surface area contributed by atoms with Crippen molar-refractivity contribution < 1.29 is 9.53 Å². The van der Waals surface area contributed by atoms with Gasteiger partial charge < -0.3 is 10.1 Å². The summed E-state index contributed by atoms with van der Waals surface area (Å²) in [6.07, 6.45) is 4.36. The number of hydrogen-bond acceptors (Lipinski definition) is 7. The van der Waals surface area contributed by atoms with Gasteiger partial charge >= 0.3 is 0 Å². The summed E-state index contributed by atoms with van der Waals surface area (Å²) in [4.78, 5) is 36.8. The van der Waals surface area contributed by atoms with Gasteiger partial charge in [-0.3, -0.25) is 14.5 Å². The number of halogens is 2. The molecule has 0 spiro atoms. The molecular weight excluding hydrogens is 551 g/mol. The molecule has 0 bridgehead atoms. The third kappa shape index (κ3) is 5.58. The molecule has 9 nitrogen and oxygen atoms in total. The first-order valence-electron chi connectivity index (χ1n) is 12.8.